The van der Waals surface area contributed by atoms with Crippen molar-refractivity contribution in [1.82, 2.24) is 0 Å². The van der Waals surface area contributed by atoms with Crippen LogP contribution in [0.3, 0.4) is 0 Å². The van der Waals surface area contributed by atoms with Gasteiger partial charge in [0.15, 0.2) is 0 Å². The molecule has 0 aromatic carbocycles. The highest BCUT2D eigenvalue weighted by Crippen LogP contribution is 2.61. The zero-order valence-electron chi connectivity index (χ0n) is 9.24. The molecule has 0 bridgehead atoms. The van der Waals surface area contributed by atoms with E-state index in [0.29, 0.717) is 0 Å². The zero-order chi connectivity index (χ0) is 11.3. The van der Waals surface area contributed by atoms with Gasteiger partial charge >= 0.3 is 0 Å². The highest BCUT2D eigenvalue weighted by atomic mass is 16.3. The Kier molecular flexibility index (Phi) is 2.53. The van der Waals surface area contributed by atoms with Crippen molar-refractivity contribution >= 4 is 5.78 Å². The van der Waals surface area contributed by atoms with Gasteiger partial charge in [0.05, 0.1) is 11.7 Å². The fraction of sp³-hybridized carbons (Fsp3) is 0.818. The van der Waals surface area contributed by atoms with E-state index in [-0.39, 0.29) is 23.0 Å². The second kappa shape index (κ2) is 3.04. The van der Waals surface area contributed by atoms with E-state index in [1.54, 1.807) is 13.8 Å². The molecule has 3 nitrogen and oxygen atoms in total. The maximum atomic E-state index is 11.2. The molecule has 14 heavy (non-hydrogen) atoms. The van der Waals surface area contributed by atoms with Gasteiger partial charge in [0.2, 0.25) is 0 Å². The lowest BCUT2D eigenvalue weighted by Crippen LogP contribution is -2.39. The summed E-state index contributed by atoms with van der Waals surface area (Å²) in [7, 11) is 0. The maximum Gasteiger partial charge on any atom is 0.137 e. The molecule has 0 spiro atoms. The molecular weight excluding hydrogens is 180 g/mol. The number of rotatable bonds is 3. The van der Waals surface area contributed by atoms with Crippen LogP contribution in [0.5, 0.6) is 0 Å². The lowest BCUT2D eigenvalue weighted by Gasteiger charge is -2.25. The largest absolute Gasteiger partial charge is 0.390 e. The van der Waals surface area contributed by atoms with E-state index >= 15 is 0 Å². The van der Waals surface area contributed by atoms with E-state index in [1.807, 2.05) is 13.8 Å². The van der Waals surface area contributed by atoms with E-state index in [2.05, 4.69) is 6.92 Å². The number of hydrogen-bond donors (Lipinski definition) is 2. The van der Waals surface area contributed by atoms with Crippen molar-refractivity contribution in [3.63, 3.8) is 0 Å². The number of carbonyl (C=O) groups is 1. The average Bonchev–Trinajstić information content (AvgIpc) is 2.49. The summed E-state index contributed by atoms with van der Waals surface area (Å²) in [4.78, 5) is 11.2. The van der Waals surface area contributed by atoms with Crippen LogP contribution in [0.15, 0.2) is 0 Å². The summed E-state index contributed by atoms with van der Waals surface area (Å²) >= 11 is 0. The predicted molar refractivity (Wildman–Crippen MR) is 53.4 cm³/mol. The Balaban J connectivity index is 2.79. The van der Waals surface area contributed by atoms with Crippen molar-refractivity contribution in [2.75, 3.05) is 0 Å². The molecule has 0 aliphatic heterocycles. The lowest BCUT2D eigenvalue weighted by atomic mass is 9.93. The molecule has 0 saturated heterocycles. The minimum absolute atomic E-state index is 0.150. The Morgan fingerprint density at radius 3 is 2.14 bits per heavy atom. The average molecular weight is 199 g/mol. The first kappa shape index (κ1) is 11.7. The van der Waals surface area contributed by atoms with Gasteiger partial charge in [-0.1, -0.05) is 13.8 Å². The van der Waals surface area contributed by atoms with Crippen LogP contribution >= 0.6 is 0 Å². The van der Waals surface area contributed by atoms with Gasteiger partial charge in [-0.15, -0.1) is 0 Å². The lowest BCUT2D eigenvalue weighted by molar-refractivity contribution is -0.117. The molecule has 1 unspecified atom stereocenters. The number of aliphatic hydroxyl groups excluding tert-OH is 1. The standard InChI is InChI=1S/C11H19O3/c1-6(12)7-8(10(7,2)3)9(13)11(4,5)14/h7-9,13-14H,1H2,2-5H3/t7-,8+,9?/m0/s1. The summed E-state index contributed by atoms with van der Waals surface area (Å²) in [5.74, 6) is -0.542. The highest BCUT2D eigenvalue weighted by molar-refractivity contribution is 5.89. The van der Waals surface area contributed by atoms with Crippen LogP contribution < -0.4 is 0 Å². The Bertz CT molecular complexity index is 250. The number of carbonyl (C=O) groups excluding carboxylic acids is 1. The topological polar surface area (TPSA) is 57.5 Å². The quantitative estimate of drug-likeness (QED) is 0.706. The van der Waals surface area contributed by atoms with Crippen LogP contribution in [0.2, 0.25) is 0 Å². The van der Waals surface area contributed by atoms with Gasteiger partial charge in [-0.25, -0.2) is 0 Å². The first-order valence-corrected chi connectivity index (χ1v) is 4.86. The van der Waals surface area contributed by atoms with Gasteiger partial charge in [0.1, 0.15) is 5.78 Å². The second-order valence-electron chi connectivity index (χ2n) is 5.39. The molecule has 0 aromatic heterocycles. The summed E-state index contributed by atoms with van der Waals surface area (Å²) in [6.45, 7) is 10.3. The first-order valence-electron chi connectivity index (χ1n) is 4.86. The van der Waals surface area contributed by atoms with Crippen molar-refractivity contribution < 1.29 is 15.0 Å². The number of hydrogen-bond acceptors (Lipinski definition) is 3. The molecule has 3 heteroatoms. The molecule has 2 N–H and O–H groups in total. The van der Waals surface area contributed by atoms with Crippen LogP contribution in [0.25, 0.3) is 0 Å². The van der Waals surface area contributed by atoms with Gasteiger partial charge in [0.25, 0.3) is 0 Å². The van der Waals surface area contributed by atoms with Crippen LogP contribution in [0.1, 0.15) is 27.7 Å². The van der Waals surface area contributed by atoms with Crippen LogP contribution in [0, 0.1) is 24.2 Å². The SMILES string of the molecule is [CH2]C(=O)[C@H]1[C@H](C(O)C(C)(C)O)C1(C)C. The molecule has 1 aliphatic carbocycles. The molecule has 1 fully saturated rings. The summed E-state index contributed by atoms with van der Waals surface area (Å²) in [5, 5.41) is 19.5. The van der Waals surface area contributed by atoms with E-state index in [4.69, 9.17) is 0 Å². The Hall–Kier alpha value is -0.410. The fourth-order valence-electron chi connectivity index (χ4n) is 2.32. The summed E-state index contributed by atoms with van der Waals surface area (Å²) < 4.78 is 0. The smallest absolute Gasteiger partial charge is 0.137 e. The van der Waals surface area contributed by atoms with Gasteiger partial charge in [-0.3, -0.25) is 4.79 Å². The Labute approximate surface area is 85.1 Å². The molecule has 3 atom stereocenters. The fourth-order valence-corrected chi connectivity index (χ4v) is 2.32. The monoisotopic (exact) mass is 199 g/mol. The van der Waals surface area contributed by atoms with Crippen molar-refractivity contribution in [2.45, 2.75) is 39.4 Å². The molecule has 0 amide bonds. The van der Waals surface area contributed by atoms with Crippen LogP contribution in [0.4, 0.5) is 0 Å². The third kappa shape index (κ3) is 1.71. The minimum Gasteiger partial charge on any atom is -0.390 e. The zero-order valence-corrected chi connectivity index (χ0v) is 9.24. The second-order valence-corrected chi connectivity index (χ2v) is 5.39. The normalized spacial score (nSPS) is 32.5. The Morgan fingerprint density at radius 2 is 1.93 bits per heavy atom. The van der Waals surface area contributed by atoms with Gasteiger partial charge in [-0.05, 0) is 19.3 Å². The first-order chi connectivity index (χ1) is 6.10. The maximum absolute atomic E-state index is 11.2. The molecule has 1 saturated carbocycles. The molecule has 1 radical (unpaired) electrons. The third-order valence-corrected chi connectivity index (χ3v) is 3.32. The van der Waals surface area contributed by atoms with Crippen molar-refractivity contribution in [2.24, 2.45) is 17.3 Å². The van der Waals surface area contributed by atoms with Crippen molar-refractivity contribution in [3.8, 4) is 0 Å². The van der Waals surface area contributed by atoms with Crippen LogP contribution in [-0.4, -0.2) is 27.7 Å². The van der Waals surface area contributed by atoms with Gasteiger partial charge in [-0.2, -0.15) is 0 Å². The van der Waals surface area contributed by atoms with Crippen molar-refractivity contribution in [1.29, 1.82) is 0 Å². The molecule has 1 aliphatic rings. The van der Waals surface area contributed by atoms with E-state index < -0.39 is 11.7 Å². The summed E-state index contributed by atoms with van der Waals surface area (Å²) in [5.41, 5.74) is -1.40. The molecule has 0 aromatic rings. The minimum atomic E-state index is -1.16. The summed E-state index contributed by atoms with van der Waals surface area (Å²) in [6, 6.07) is 0. The van der Waals surface area contributed by atoms with E-state index in [9.17, 15) is 15.0 Å². The summed E-state index contributed by atoms with van der Waals surface area (Å²) in [6.07, 6.45) is -0.867. The van der Waals surface area contributed by atoms with E-state index in [1.165, 1.54) is 0 Å². The number of aliphatic hydroxyl groups is 2. The van der Waals surface area contributed by atoms with Crippen molar-refractivity contribution in [3.05, 3.63) is 6.92 Å². The number of ketones is 1. The van der Waals surface area contributed by atoms with Gasteiger partial charge < -0.3 is 10.2 Å². The predicted octanol–water partition coefficient (Wildman–Crippen LogP) is 0.794. The molecule has 0 heterocycles. The highest BCUT2D eigenvalue weighted by Gasteiger charge is 2.65. The van der Waals surface area contributed by atoms with Gasteiger partial charge in [0, 0.05) is 18.8 Å². The number of Topliss-reactive ketones (excluding diaryl/α,β-unsaturated/α-hetero) is 1. The van der Waals surface area contributed by atoms with E-state index in [0.717, 1.165) is 0 Å². The molecule has 81 valence electrons. The van der Waals surface area contributed by atoms with Crippen LogP contribution in [-0.2, 0) is 4.79 Å². The Morgan fingerprint density at radius 1 is 1.50 bits per heavy atom. The third-order valence-electron chi connectivity index (χ3n) is 3.32. The molecular formula is C11H19O3. The molecule has 1 rings (SSSR count).